The molecular formula is C10H8N2. The Morgan fingerprint density at radius 2 is 2.00 bits per heavy atom. The van der Waals surface area contributed by atoms with Gasteiger partial charge in [-0.25, -0.2) is 4.98 Å². The average molecular weight is 156 g/mol. The molecule has 2 heterocycles. The lowest BCUT2D eigenvalue weighted by atomic mass is 10.1. The summed E-state index contributed by atoms with van der Waals surface area (Å²) >= 11 is 0. The fourth-order valence-electron chi connectivity index (χ4n) is 1.63. The van der Waals surface area contributed by atoms with Crippen LogP contribution in [0.1, 0.15) is 17.4 Å². The summed E-state index contributed by atoms with van der Waals surface area (Å²) in [6, 6.07) is 10.9. The highest BCUT2D eigenvalue weighted by Gasteiger charge is 2.34. The van der Waals surface area contributed by atoms with E-state index in [4.69, 9.17) is 0 Å². The predicted molar refractivity (Wildman–Crippen MR) is 45.9 cm³/mol. The molecule has 0 fully saturated rings. The molecule has 2 nitrogen and oxygen atoms in total. The van der Waals surface area contributed by atoms with Crippen LogP contribution in [0.15, 0.2) is 42.7 Å². The van der Waals surface area contributed by atoms with Gasteiger partial charge in [-0.05, 0) is 5.56 Å². The van der Waals surface area contributed by atoms with Crippen LogP contribution < -0.4 is 0 Å². The molecule has 0 saturated carbocycles. The molecule has 3 rings (SSSR count). The molecule has 0 radical (unpaired) electrons. The molecule has 1 aromatic heterocycles. The summed E-state index contributed by atoms with van der Waals surface area (Å²) in [7, 11) is 0. The smallest absolute Gasteiger partial charge is 0.137 e. The van der Waals surface area contributed by atoms with E-state index < -0.39 is 0 Å². The number of rotatable bonds is 1. The van der Waals surface area contributed by atoms with Crippen LogP contribution in [-0.4, -0.2) is 9.55 Å². The average Bonchev–Trinajstić information content (AvgIpc) is 2.62. The topological polar surface area (TPSA) is 17.8 Å². The van der Waals surface area contributed by atoms with Crippen LogP contribution in [-0.2, 0) is 0 Å². The largest absolute Gasteiger partial charge is 0.318 e. The van der Waals surface area contributed by atoms with E-state index in [2.05, 4.69) is 33.8 Å². The van der Waals surface area contributed by atoms with Crippen LogP contribution in [0, 0.1) is 0 Å². The molecule has 1 unspecified atom stereocenters. The normalized spacial score (nSPS) is 18.8. The maximum absolute atomic E-state index is 4.23. The van der Waals surface area contributed by atoms with Crippen molar-refractivity contribution in [2.45, 2.75) is 6.04 Å². The van der Waals surface area contributed by atoms with Gasteiger partial charge in [-0.3, -0.25) is 0 Å². The highest BCUT2D eigenvalue weighted by atomic mass is 15.2. The molecule has 0 saturated heterocycles. The minimum absolute atomic E-state index is 0.441. The second-order valence-corrected chi connectivity index (χ2v) is 3.01. The van der Waals surface area contributed by atoms with Crippen LogP contribution in [0.4, 0.5) is 0 Å². The van der Waals surface area contributed by atoms with E-state index in [-0.39, 0.29) is 0 Å². The van der Waals surface area contributed by atoms with Crippen molar-refractivity contribution in [1.82, 2.24) is 9.55 Å². The number of aromatic nitrogens is 2. The molecule has 58 valence electrons. The molecule has 2 aromatic rings. The van der Waals surface area contributed by atoms with Gasteiger partial charge in [0.15, 0.2) is 0 Å². The van der Waals surface area contributed by atoms with E-state index in [0.717, 1.165) is 0 Å². The summed E-state index contributed by atoms with van der Waals surface area (Å²) in [6.07, 6.45) is 3.86. The number of nitrogens with zero attached hydrogens (tertiary/aromatic N) is 2. The Labute approximate surface area is 70.5 Å². The summed E-state index contributed by atoms with van der Waals surface area (Å²) in [5.41, 5.74) is 1.33. The van der Waals surface area contributed by atoms with Gasteiger partial charge in [-0.2, -0.15) is 0 Å². The fourth-order valence-corrected chi connectivity index (χ4v) is 1.63. The molecule has 0 aliphatic carbocycles. The van der Waals surface area contributed by atoms with E-state index >= 15 is 0 Å². The lowest BCUT2D eigenvalue weighted by Crippen LogP contribution is -1.84. The maximum atomic E-state index is 4.23. The number of fused-ring (bicyclic) bond motifs is 1. The Balaban J connectivity index is 2.01. The van der Waals surface area contributed by atoms with Gasteiger partial charge >= 0.3 is 0 Å². The molecule has 1 aliphatic rings. The predicted octanol–water partition coefficient (Wildman–Crippen LogP) is 1.83. The minimum Gasteiger partial charge on any atom is -0.318 e. The van der Waals surface area contributed by atoms with Crippen LogP contribution in [0.25, 0.3) is 0 Å². The minimum atomic E-state index is 0.441. The molecule has 1 aliphatic heterocycles. The first-order valence-corrected chi connectivity index (χ1v) is 4.04. The SMILES string of the molecule is c1ccc(C2c3nccn32)cc1. The fraction of sp³-hybridized carbons (Fsp3) is 0.100. The van der Waals surface area contributed by atoms with Crippen molar-refractivity contribution in [1.29, 1.82) is 0 Å². The summed E-state index contributed by atoms with van der Waals surface area (Å²) in [5.74, 6) is 1.18. The van der Waals surface area contributed by atoms with Gasteiger partial charge in [0.1, 0.15) is 11.9 Å². The van der Waals surface area contributed by atoms with Gasteiger partial charge in [0.25, 0.3) is 0 Å². The van der Waals surface area contributed by atoms with Crippen LogP contribution >= 0.6 is 0 Å². The Hall–Kier alpha value is -1.57. The zero-order valence-corrected chi connectivity index (χ0v) is 6.51. The summed E-state index contributed by atoms with van der Waals surface area (Å²) in [5, 5.41) is 0. The Morgan fingerprint density at radius 1 is 1.17 bits per heavy atom. The molecule has 0 spiro atoms. The van der Waals surface area contributed by atoms with Crippen molar-refractivity contribution in [2.75, 3.05) is 0 Å². The van der Waals surface area contributed by atoms with Gasteiger partial charge in [-0.15, -0.1) is 0 Å². The van der Waals surface area contributed by atoms with Crippen molar-refractivity contribution in [3.05, 3.63) is 54.1 Å². The first-order valence-electron chi connectivity index (χ1n) is 4.04. The molecular weight excluding hydrogens is 148 g/mol. The number of hydrogen-bond donors (Lipinski definition) is 0. The third kappa shape index (κ3) is 0.666. The van der Waals surface area contributed by atoms with Crippen molar-refractivity contribution >= 4 is 0 Å². The van der Waals surface area contributed by atoms with Crippen molar-refractivity contribution in [3.8, 4) is 0 Å². The summed E-state index contributed by atoms with van der Waals surface area (Å²) < 4.78 is 2.18. The van der Waals surface area contributed by atoms with Crippen LogP contribution in [0.5, 0.6) is 0 Å². The van der Waals surface area contributed by atoms with E-state index in [9.17, 15) is 0 Å². The Bertz CT molecular complexity index is 384. The van der Waals surface area contributed by atoms with E-state index in [1.54, 1.807) is 0 Å². The van der Waals surface area contributed by atoms with E-state index in [1.807, 2.05) is 18.5 Å². The molecule has 0 bridgehead atoms. The van der Waals surface area contributed by atoms with Gasteiger partial charge in [0.05, 0.1) is 0 Å². The molecule has 0 amide bonds. The Morgan fingerprint density at radius 3 is 2.67 bits per heavy atom. The quantitative estimate of drug-likeness (QED) is 0.525. The Kier molecular flexibility index (Phi) is 0.987. The molecule has 12 heavy (non-hydrogen) atoms. The lowest BCUT2D eigenvalue weighted by molar-refractivity contribution is 0.947. The highest BCUT2D eigenvalue weighted by molar-refractivity contribution is 5.35. The third-order valence-corrected chi connectivity index (χ3v) is 2.27. The maximum Gasteiger partial charge on any atom is 0.137 e. The molecule has 1 atom stereocenters. The zero-order valence-electron chi connectivity index (χ0n) is 6.51. The van der Waals surface area contributed by atoms with Gasteiger partial charge in [0, 0.05) is 12.4 Å². The van der Waals surface area contributed by atoms with Crippen molar-refractivity contribution in [3.63, 3.8) is 0 Å². The van der Waals surface area contributed by atoms with Crippen molar-refractivity contribution in [2.24, 2.45) is 0 Å². The van der Waals surface area contributed by atoms with Crippen molar-refractivity contribution < 1.29 is 0 Å². The second kappa shape index (κ2) is 1.97. The molecule has 2 heteroatoms. The first-order chi connectivity index (χ1) is 5.97. The third-order valence-electron chi connectivity index (χ3n) is 2.27. The van der Waals surface area contributed by atoms with Gasteiger partial charge < -0.3 is 4.57 Å². The first kappa shape index (κ1) is 6.00. The lowest BCUT2D eigenvalue weighted by Gasteiger charge is -1.94. The summed E-state index contributed by atoms with van der Waals surface area (Å²) in [6.45, 7) is 0. The van der Waals surface area contributed by atoms with E-state index in [1.165, 1.54) is 11.4 Å². The van der Waals surface area contributed by atoms with E-state index in [0.29, 0.717) is 6.04 Å². The van der Waals surface area contributed by atoms with Crippen LogP contribution in [0.3, 0.4) is 0 Å². The zero-order chi connectivity index (χ0) is 7.97. The molecule has 0 N–H and O–H groups in total. The monoisotopic (exact) mass is 156 g/mol. The molecule has 1 aromatic carbocycles. The second-order valence-electron chi connectivity index (χ2n) is 3.01. The van der Waals surface area contributed by atoms with Crippen LogP contribution in [0.2, 0.25) is 0 Å². The number of hydrogen-bond acceptors (Lipinski definition) is 1. The van der Waals surface area contributed by atoms with Gasteiger partial charge in [0.2, 0.25) is 0 Å². The highest BCUT2D eigenvalue weighted by Crippen LogP contribution is 2.37. The number of benzene rings is 1. The standard InChI is InChI=1S/C10H8N2/c1-2-4-8(5-3-1)9-10-11-6-7-12(9)10/h1-7,9H. The summed E-state index contributed by atoms with van der Waals surface area (Å²) in [4.78, 5) is 4.23. The number of imidazole rings is 1. The van der Waals surface area contributed by atoms with Gasteiger partial charge in [-0.1, -0.05) is 30.3 Å².